The molecular formula is C22H27N3O2. The van der Waals surface area contributed by atoms with E-state index in [2.05, 4.69) is 41.4 Å². The molecule has 0 bridgehead atoms. The summed E-state index contributed by atoms with van der Waals surface area (Å²) in [4.78, 5) is 17.0. The molecule has 0 aromatic heterocycles. The number of likely N-dealkylation sites (tertiary alicyclic amines) is 1. The smallest absolute Gasteiger partial charge is 0.317 e. The summed E-state index contributed by atoms with van der Waals surface area (Å²) in [5.41, 5.74) is 3.58. The quantitative estimate of drug-likeness (QED) is 0.878. The molecule has 0 unspecified atom stereocenters. The van der Waals surface area contributed by atoms with E-state index in [1.807, 2.05) is 17.0 Å². The highest BCUT2D eigenvalue weighted by molar-refractivity contribution is 5.75. The monoisotopic (exact) mass is 365 g/mol. The largest absolute Gasteiger partial charge is 0.508 e. The number of phenols is 1. The van der Waals surface area contributed by atoms with Crippen molar-refractivity contribution < 1.29 is 9.90 Å². The number of aromatic hydroxyl groups is 1. The summed E-state index contributed by atoms with van der Waals surface area (Å²) in [6, 6.07) is 16.5. The molecule has 2 aliphatic rings. The minimum Gasteiger partial charge on any atom is -0.508 e. The van der Waals surface area contributed by atoms with E-state index in [9.17, 15) is 9.90 Å². The lowest BCUT2D eigenvalue weighted by atomic mass is 10.00. The number of nitrogens with zero attached hydrogens (tertiary/aromatic N) is 2. The molecule has 27 heavy (non-hydrogen) atoms. The van der Waals surface area contributed by atoms with Crippen LogP contribution in [-0.2, 0) is 13.0 Å². The van der Waals surface area contributed by atoms with Gasteiger partial charge in [0.2, 0.25) is 0 Å². The Balaban J connectivity index is 1.33. The summed E-state index contributed by atoms with van der Waals surface area (Å²) in [6.45, 7) is 5.39. The van der Waals surface area contributed by atoms with E-state index >= 15 is 0 Å². The molecular weight excluding hydrogens is 338 g/mol. The summed E-state index contributed by atoms with van der Waals surface area (Å²) >= 11 is 0. The number of rotatable bonds is 3. The minimum absolute atomic E-state index is 0.00297. The molecule has 0 saturated carbocycles. The molecule has 0 aliphatic carbocycles. The lowest BCUT2D eigenvalue weighted by Gasteiger charge is -2.30. The van der Waals surface area contributed by atoms with Crippen LogP contribution in [0, 0.1) is 0 Å². The zero-order chi connectivity index (χ0) is 18.8. The average Bonchev–Trinajstić information content (AvgIpc) is 3.16. The summed E-state index contributed by atoms with van der Waals surface area (Å²) in [7, 11) is 0. The fraction of sp³-hybridized carbons (Fsp3) is 0.409. The molecule has 0 radical (unpaired) electrons. The molecule has 2 aromatic carbocycles. The number of carbonyl (C=O) groups excluding carboxylic acids is 1. The molecule has 142 valence electrons. The van der Waals surface area contributed by atoms with Crippen LogP contribution in [-0.4, -0.2) is 46.6 Å². The number of urea groups is 1. The molecule has 2 heterocycles. The van der Waals surface area contributed by atoms with Crippen molar-refractivity contribution in [2.24, 2.45) is 0 Å². The topological polar surface area (TPSA) is 55.8 Å². The predicted octanol–water partition coefficient (Wildman–Crippen LogP) is 3.30. The van der Waals surface area contributed by atoms with E-state index in [1.165, 1.54) is 11.1 Å². The van der Waals surface area contributed by atoms with Crippen molar-refractivity contribution in [2.75, 3.05) is 19.6 Å². The van der Waals surface area contributed by atoms with Gasteiger partial charge in [-0.05, 0) is 48.6 Å². The Kier molecular flexibility index (Phi) is 5.03. The van der Waals surface area contributed by atoms with Crippen molar-refractivity contribution in [1.29, 1.82) is 0 Å². The van der Waals surface area contributed by atoms with Crippen LogP contribution in [0.4, 0.5) is 4.79 Å². The normalized spacial score (nSPS) is 20.9. The van der Waals surface area contributed by atoms with Crippen LogP contribution >= 0.6 is 0 Å². The molecule has 2 atom stereocenters. The maximum Gasteiger partial charge on any atom is 0.317 e. The van der Waals surface area contributed by atoms with E-state index in [1.54, 1.807) is 12.1 Å². The number of hydrogen-bond acceptors (Lipinski definition) is 3. The first-order valence-electron chi connectivity index (χ1n) is 9.75. The second kappa shape index (κ2) is 7.61. The van der Waals surface area contributed by atoms with Crippen molar-refractivity contribution >= 4 is 6.03 Å². The highest BCUT2D eigenvalue weighted by Crippen LogP contribution is 2.26. The van der Waals surface area contributed by atoms with E-state index in [-0.39, 0.29) is 17.8 Å². The lowest BCUT2D eigenvalue weighted by molar-refractivity contribution is 0.186. The van der Waals surface area contributed by atoms with Crippen LogP contribution < -0.4 is 5.32 Å². The second-order valence-corrected chi connectivity index (χ2v) is 7.64. The minimum atomic E-state index is 0.00297. The van der Waals surface area contributed by atoms with Crippen LogP contribution in [0.1, 0.15) is 36.1 Å². The summed E-state index contributed by atoms with van der Waals surface area (Å²) in [5, 5.41) is 12.9. The summed E-state index contributed by atoms with van der Waals surface area (Å²) in [5.74, 6) is 0.261. The number of phenolic OH excluding ortho intramolecular Hbond substituents is 1. The SMILES string of the molecule is C[C@@H](c1ccccc1)N1CC[C@H](NC(=O)N2CCc3ccc(O)cc3C2)C1. The Morgan fingerprint density at radius 3 is 2.78 bits per heavy atom. The molecule has 5 heteroatoms. The van der Waals surface area contributed by atoms with E-state index < -0.39 is 0 Å². The highest BCUT2D eigenvalue weighted by Gasteiger charge is 2.29. The Morgan fingerprint density at radius 1 is 1.15 bits per heavy atom. The van der Waals surface area contributed by atoms with Crippen LogP contribution in [0.5, 0.6) is 5.75 Å². The Labute approximate surface area is 160 Å². The fourth-order valence-corrected chi connectivity index (χ4v) is 4.18. The first-order chi connectivity index (χ1) is 13.1. The van der Waals surface area contributed by atoms with Gasteiger partial charge in [-0.3, -0.25) is 4.90 Å². The summed E-state index contributed by atoms with van der Waals surface area (Å²) in [6.07, 6.45) is 1.82. The van der Waals surface area contributed by atoms with Gasteiger partial charge >= 0.3 is 6.03 Å². The third kappa shape index (κ3) is 3.93. The molecule has 1 fully saturated rings. The molecule has 2 aliphatic heterocycles. The van der Waals surface area contributed by atoms with Crippen molar-refractivity contribution in [3.8, 4) is 5.75 Å². The maximum atomic E-state index is 12.7. The molecule has 2 amide bonds. The molecule has 2 aromatic rings. The van der Waals surface area contributed by atoms with Gasteiger partial charge in [0.1, 0.15) is 5.75 Å². The molecule has 2 N–H and O–H groups in total. The third-order valence-electron chi connectivity index (χ3n) is 5.87. The maximum absolute atomic E-state index is 12.7. The first-order valence-corrected chi connectivity index (χ1v) is 9.75. The van der Waals surface area contributed by atoms with Gasteiger partial charge in [0.15, 0.2) is 0 Å². The van der Waals surface area contributed by atoms with Crippen molar-refractivity contribution in [3.05, 3.63) is 65.2 Å². The number of nitrogens with one attached hydrogen (secondary N) is 1. The second-order valence-electron chi connectivity index (χ2n) is 7.64. The van der Waals surface area contributed by atoms with Crippen molar-refractivity contribution in [3.63, 3.8) is 0 Å². The van der Waals surface area contributed by atoms with E-state index in [4.69, 9.17) is 0 Å². The van der Waals surface area contributed by atoms with Gasteiger partial charge in [0, 0.05) is 38.3 Å². The van der Waals surface area contributed by atoms with Gasteiger partial charge in [-0.15, -0.1) is 0 Å². The number of benzene rings is 2. The van der Waals surface area contributed by atoms with Crippen LogP contribution in [0.25, 0.3) is 0 Å². The number of hydrogen-bond donors (Lipinski definition) is 2. The number of amides is 2. The van der Waals surface area contributed by atoms with Gasteiger partial charge in [-0.2, -0.15) is 0 Å². The van der Waals surface area contributed by atoms with Gasteiger partial charge in [0.05, 0.1) is 0 Å². The average molecular weight is 365 g/mol. The predicted molar refractivity (Wildman–Crippen MR) is 106 cm³/mol. The molecule has 1 saturated heterocycles. The van der Waals surface area contributed by atoms with Crippen molar-refractivity contribution in [1.82, 2.24) is 15.1 Å². The highest BCUT2D eigenvalue weighted by atomic mass is 16.3. The van der Waals surface area contributed by atoms with Crippen LogP contribution in [0.2, 0.25) is 0 Å². The Hall–Kier alpha value is -2.53. The molecule has 5 nitrogen and oxygen atoms in total. The Bertz CT molecular complexity index is 808. The van der Waals surface area contributed by atoms with Crippen LogP contribution in [0.3, 0.4) is 0 Å². The van der Waals surface area contributed by atoms with Gasteiger partial charge < -0.3 is 15.3 Å². The zero-order valence-corrected chi connectivity index (χ0v) is 15.8. The zero-order valence-electron chi connectivity index (χ0n) is 15.8. The fourth-order valence-electron chi connectivity index (χ4n) is 4.18. The summed E-state index contributed by atoms with van der Waals surface area (Å²) < 4.78 is 0. The third-order valence-corrected chi connectivity index (χ3v) is 5.87. The van der Waals surface area contributed by atoms with E-state index in [0.717, 1.165) is 38.0 Å². The standard InChI is InChI=1S/C22H27N3O2/c1-16(17-5-3-2-4-6-17)24-12-10-20(15-24)23-22(27)25-11-9-18-7-8-21(26)13-19(18)14-25/h2-8,13,16,20,26H,9-12,14-15H2,1H3,(H,23,27)/t16-,20-/m0/s1. The Morgan fingerprint density at radius 2 is 1.96 bits per heavy atom. The van der Waals surface area contributed by atoms with Gasteiger partial charge in [-0.25, -0.2) is 4.79 Å². The van der Waals surface area contributed by atoms with Gasteiger partial charge in [-0.1, -0.05) is 36.4 Å². The number of carbonyl (C=O) groups is 1. The van der Waals surface area contributed by atoms with Crippen molar-refractivity contribution in [2.45, 2.75) is 38.4 Å². The first kappa shape index (κ1) is 17.9. The number of fused-ring (bicyclic) bond motifs is 1. The molecule has 0 spiro atoms. The lowest BCUT2D eigenvalue weighted by Crippen LogP contribution is -2.47. The van der Waals surface area contributed by atoms with E-state index in [0.29, 0.717) is 12.6 Å². The van der Waals surface area contributed by atoms with Gasteiger partial charge in [0.25, 0.3) is 0 Å². The molecule has 4 rings (SSSR count). The van der Waals surface area contributed by atoms with Crippen LogP contribution in [0.15, 0.2) is 48.5 Å².